The van der Waals surface area contributed by atoms with E-state index in [9.17, 15) is 19.2 Å². The van der Waals surface area contributed by atoms with Gasteiger partial charge in [-0.05, 0) is 47.2 Å². The van der Waals surface area contributed by atoms with Gasteiger partial charge in [-0.25, -0.2) is 4.79 Å². The molecule has 0 aromatic heterocycles. The normalized spacial score (nSPS) is 23.2. The summed E-state index contributed by atoms with van der Waals surface area (Å²) in [5.41, 5.74) is 5.93. The molecule has 7 rings (SSSR count). The number of ether oxygens (including phenoxy) is 1. The second-order valence-electron chi connectivity index (χ2n) is 11.0. The van der Waals surface area contributed by atoms with E-state index in [1.54, 1.807) is 26.0 Å². The van der Waals surface area contributed by atoms with Crippen LogP contribution in [0, 0.1) is 24.7 Å². The first kappa shape index (κ1) is 25.0. The van der Waals surface area contributed by atoms with Crippen molar-refractivity contribution in [3.05, 3.63) is 101 Å². The van der Waals surface area contributed by atoms with Gasteiger partial charge in [-0.15, -0.1) is 0 Å². The lowest BCUT2D eigenvalue weighted by molar-refractivity contribution is -0.162. The Labute approximate surface area is 227 Å². The highest BCUT2D eigenvalue weighted by Gasteiger charge is 2.63. The molecule has 7 heteroatoms. The molecule has 1 fully saturated rings. The van der Waals surface area contributed by atoms with Gasteiger partial charge >= 0.3 is 5.97 Å². The average Bonchev–Trinajstić information content (AvgIpc) is 3.19. The molecule has 3 amide bonds. The van der Waals surface area contributed by atoms with Crippen LogP contribution in [0.2, 0.25) is 0 Å². The minimum absolute atomic E-state index is 0.252. The van der Waals surface area contributed by atoms with Crippen LogP contribution in [-0.4, -0.2) is 41.2 Å². The minimum Gasteiger partial charge on any atom is -0.454 e. The summed E-state index contributed by atoms with van der Waals surface area (Å²) in [5.74, 6) is -3.99. The predicted octanol–water partition coefficient (Wildman–Crippen LogP) is 4.39. The van der Waals surface area contributed by atoms with Crippen molar-refractivity contribution in [1.29, 1.82) is 0 Å². The fourth-order valence-corrected chi connectivity index (χ4v) is 6.71. The lowest BCUT2D eigenvalue weighted by Gasteiger charge is -2.45. The Morgan fingerprint density at radius 1 is 0.795 bits per heavy atom. The standard InChI is InChI=1S/C32H30N2O5/c1-17(2)29(32(38)39-16-24(35)33-19-14-12-18(3)13-15-19)34-30(36)27-25-20-8-4-5-9-21(20)26(28(27)31(34)37)23-11-7-6-10-22(23)25/h4-15,17,25-29H,16H2,1-3H3,(H,33,35)/t25?,26?,27-,28+,29-/m0/s1. The lowest BCUT2D eigenvalue weighted by atomic mass is 9.55. The van der Waals surface area contributed by atoms with Gasteiger partial charge in [0.05, 0.1) is 11.8 Å². The van der Waals surface area contributed by atoms with Crippen LogP contribution >= 0.6 is 0 Å². The number of imide groups is 1. The molecular formula is C32H30N2O5. The third-order valence-corrected chi connectivity index (χ3v) is 8.31. The lowest BCUT2D eigenvalue weighted by Crippen LogP contribution is -2.49. The third kappa shape index (κ3) is 3.95. The van der Waals surface area contributed by atoms with Crippen LogP contribution in [0.1, 0.15) is 53.5 Å². The fourth-order valence-electron chi connectivity index (χ4n) is 6.71. The van der Waals surface area contributed by atoms with Crippen molar-refractivity contribution in [2.75, 3.05) is 11.9 Å². The molecule has 0 spiro atoms. The molecule has 4 aliphatic rings. The topological polar surface area (TPSA) is 92.8 Å². The predicted molar refractivity (Wildman–Crippen MR) is 145 cm³/mol. The molecular weight excluding hydrogens is 492 g/mol. The van der Waals surface area contributed by atoms with Crippen LogP contribution in [0.25, 0.3) is 0 Å². The fraction of sp³-hybridized carbons (Fsp3) is 0.312. The zero-order valence-electron chi connectivity index (χ0n) is 22.1. The van der Waals surface area contributed by atoms with E-state index in [0.717, 1.165) is 32.7 Å². The number of nitrogens with one attached hydrogen (secondary N) is 1. The van der Waals surface area contributed by atoms with E-state index in [2.05, 4.69) is 5.32 Å². The van der Waals surface area contributed by atoms with Crippen LogP contribution in [0.5, 0.6) is 0 Å². The highest BCUT2D eigenvalue weighted by molar-refractivity contribution is 6.10. The van der Waals surface area contributed by atoms with Crippen molar-refractivity contribution < 1.29 is 23.9 Å². The SMILES string of the molecule is Cc1ccc(NC(=O)COC(=O)[C@H](C(C)C)N2C(=O)[C@@H]3C4c5ccccc5C(c5ccccc54)[C@@H]3C2=O)cc1. The minimum atomic E-state index is -1.12. The average molecular weight is 523 g/mol. The highest BCUT2D eigenvalue weighted by Crippen LogP contribution is 2.61. The summed E-state index contributed by atoms with van der Waals surface area (Å²) in [6, 6.07) is 22.2. The summed E-state index contributed by atoms with van der Waals surface area (Å²) in [5, 5.41) is 2.70. The number of amides is 3. The van der Waals surface area contributed by atoms with Crippen molar-refractivity contribution in [2.45, 2.75) is 38.6 Å². The third-order valence-electron chi connectivity index (χ3n) is 8.31. The molecule has 1 N–H and O–H groups in total. The first-order chi connectivity index (χ1) is 18.8. The maximum absolute atomic E-state index is 14.0. The molecule has 39 heavy (non-hydrogen) atoms. The number of carbonyl (C=O) groups excluding carboxylic acids is 4. The zero-order valence-corrected chi connectivity index (χ0v) is 22.1. The Morgan fingerprint density at radius 3 is 1.69 bits per heavy atom. The first-order valence-electron chi connectivity index (χ1n) is 13.4. The molecule has 3 aliphatic carbocycles. The zero-order chi connectivity index (χ0) is 27.4. The quantitative estimate of drug-likeness (QED) is 0.383. The number of carbonyl (C=O) groups is 4. The van der Waals surface area contributed by atoms with Crippen LogP contribution in [-0.2, 0) is 23.9 Å². The molecule has 0 unspecified atom stereocenters. The monoisotopic (exact) mass is 522 g/mol. The Bertz CT molecular complexity index is 1380. The second-order valence-corrected chi connectivity index (χ2v) is 11.0. The first-order valence-corrected chi connectivity index (χ1v) is 13.4. The molecule has 198 valence electrons. The van der Waals surface area contributed by atoms with Gasteiger partial charge in [-0.1, -0.05) is 80.1 Å². The van der Waals surface area contributed by atoms with Crippen LogP contribution in [0.4, 0.5) is 5.69 Å². The van der Waals surface area contributed by atoms with Crippen LogP contribution < -0.4 is 5.32 Å². The summed E-state index contributed by atoms with van der Waals surface area (Å²) in [7, 11) is 0. The van der Waals surface area contributed by atoms with Gasteiger partial charge in [-0.2, -0.15) is 0 Å². The van der Waals surface area contributed by atoms with E-state index in [4.69, 9.17) is 4.74 Å². The van der Waals surface area contributed by atoms with E-state index in [1.165, 1.54) is 0 Å². The van der Waals surface area contributed by atoms with Gasteiger partial charge in [0.25, 0.3) is 5.91 Å². The molecule has 7 nitrogen and oxygen atoms in total. The van der Waals surface area contributed by atoms with Gasteiger partial charge in [0.15, 0.2) is 6.61 Å². The van der Waals surface area contributed by atoms with E-state index in [0.29, 0.717) is 5.69 Å². The summed E-state index contributed by atoms with van der Waals surface area (Å²) in [6.45, 7) is 4.98. The van der Waals surface area contributed by atoms with E-state index < -0.39 is 42.3 Å². The van der Waals surface area contributed by atoms with Crippen molar-refractivity contribution in [1.82, 2.24) is 4.90 Å². The maximum atomic E-state index is 14.0. The largest absolute Gasteiger partial charge is 0.454 e. The Morgan fingerprint density at radius 2 is 1.26 bits per heavy atom. The van der Waals surface area contributed by atoms with Crippen molar-refractivity contribution in [2.24, 2.45) is 17.8 Å². The second kappa shape index (κ2) is 9.49. The Hall–Kier alpha value is -4.26. The summed E-state index contributed by atoms with van der Waals surface area (Å²) < 4.78 is 5.38. The number of aryl methyl sites for hydroxylation is 1. The smallest absolute Gasteiger partial charge is 0.330 e. The molecule has 2 bridgehead atoms. The molecule has 0 radical (unpaired) electrons. The summed E-state index contributed by atoms with van der Waals surface area (Å²) in [4.78, 5) is 55.0. The van der Waals surface area contributed by atoms with Crippen molar-refractivity contribution in [3.8, 4) is 0 Å². The number of hydrogen-bond donors (Lipinski definition) is 1. The summed E-state index contributed by atoms with van der Waals surface area (Å²) in [6.07, 6.45) is 0. The molecule has 1 saturated heterocycles. The van der Waals surface area contributed by atoms with Gasteiger partial charge in [-0.3, -0.25) is 19.3 Å². The number of benzene rings is 3. The molecule has 3 aromatic rings. The van der Waals surface area contributed by atoms with E-state index >= 15 is 0 Å². The van der Waals surface area contributed by atoms with Gasteiger partial charge in [0.1, 0.15) is 6.04 Å². The summed E-state index contributed by atoms with van der Waals surface area (Å²) >= 11 is 0. The maximum Gasteiger partial charge on any atom is 0.330 e. The van der Waals surface area contributed by atoms with Crippen molar-refractivity contribution >= 4 is 29.4 Å². The molecule has 0 saturated carbocycles. The highest BCUT2D eigenvalue weighted by atomic mass is 16.5. The molecule has 1 heterocycles. The van der Waals surface area contributed by atoms with Gasteiger partial charge < -0.3 is 10.1 Å². The number of likely N-dealkylation sites (tertiary alicyclic amines) is 1. The molecule has 1 aliphatic heterocycles. The Kier molecular flexibility index (Phi) is 6.09. The number of nitrogens with zero attached hydrogens (tertiary/aromatic N) is 1. The van der Waals surface area contributed by atoms with E-state index in [1.807, 2.05) is 67.6 Å². The Balaban J connectivity index is 1.26. The number of hydrogen-bond acceptors (Lipinski definition) is 5. The van der Waals surface area contributed by atoms with Gasteiger partial charge in [0, 0.05) is 17.5 Å². The van der Waals surface area contributed by atoms with Crippen LogP contribution in [0.3, 0.4) is 0 Å². The van der Waals surface area contributed by atoms with Gasteiger partial charge in [0.2, 0.25) is 11.8 Å². The number of esters is 1. The van der Waals surface area contributed by atoms with Crippen LogP contribution in [0.15, 0.2) is 72.8 Å². The molecule has 3 aromatic carbocycles. The van der Waals surface area contributed by atoms with E-state index in [-0.39, 0.29) is 23.7 Å². The number of rotatable bonds is 6. The molecule has 3 atom stereocenters. The number of anilines is 1. The van der Waals surface area contributed by atoms with Crippen molar-refractivity contribution in [3.63, 3.8) is 0 Å².